The number of pyridine rings is 1. The van der Waals surface area contributed by atoms with E-state index >= 15 is 0 Å². The Hall–Kier alpha value is -2.60. The Kier molecular flexibility index (Phi) is 8.29. The molecule has 1 unspecified atom stereocenters. The molecule has 1 N–H and O–H groups in total. The number of nitrogens with zero attached hydrogens (tertiary/aromatic N) is 2. The van der Waals surface area contributed by atoms with Crippen LogP contribution in [0.15, 0.2) is 42.6 Å². The van der Waals surface area contributed by atoms with Crippen LogP contribution in [0.1, 0.15) is 50.4 Å². The van der Waals surface area contributed by atoms with Gasteiger partial charge in [0.05, 0.1) is 26.0 Å². The first kappa shape index (κ1) is 23.1. The van der Waals surface area contributed by atoms with E-state index in [1.807, 2.05) is 30.3 Å². The van der Waals surface area contributed by atoms with Crippen LogP contribution in [-0.2, 0) is 11.3 Å². The van der Waals surface area contributed by atoms with E-state index < -0.39 is 0 Å². The molecule has 0 bridgehead atoms. The van der Waals surface area contributed by atoms with Gasteiger partial charge in [-0.2, -0.15) is 0 Å². The average Bonchev–Trinajstić information content (AvgIpc) is 2.78. The van der Waals surface area contributed by atoms with E-state index in [1.54, 1.807) is 20.4 Å². The molecule has 2 heterocycles. The predicted octanol–water partition coefficient (Wildman–Crippen LogP) is 4.21. The maximum Gasteiger partial charge on any atom is 0.220 e. The molecule has 6 heteroatoms. The molecule has 1 aliphatic heterocycles. The van der Waals surface area contributed by atoms with Crippen LogP contribution in [0, 0.1) is 11.8 Å². The van der Waals surface area contributed by atoms with Crippen molar-refractivity contribution >= 4 is 5.91 Å². The summed E-state index contributed by atoms with van der Waals surface area (Å²) < 4.78 is 11.0. The molecule has 0 aliphatic carbocycles. The number of para-hydroxylation sites is 1. The summed E-state index contributed by atoms with van der Waals surface area (Å²) in [6.07, 6.45) is 4.36. The van der Waals surface area contributed by atoms with Gasteiger partial charge >= 0.3 is 0 Å². The molecule has 3 rings (SSSR count). The Morgan fingerprint density at radius 2 is 1.90 bits per heavy atom. The first-order valence-corrected chi connectivity index (χ1v) is 11.1. The molecule has 6 nitrogen and oxygen atoms in total. The van der Waals surface area contributed by atoms with Crippen molar-refractivity contribution in [1.82, 2.24) is 15.2 Å². The van der Waals surface area contributed by atoms with Gasteiger partial charge in [-0.25, -0.2) is 0 Å². The smallest absolute Gasteiger partial charge is 0.220 e. The summed E-state index contributed by atoms with van der Waals surface area (Å²) in [4.78, 5) is 19.5. The minimum atomic E-state index is -0.0408. The maximum atomic E-state index is 12.5. The molecule has 0 saturated carbocycles. The first-order valence-electron chi connectivity index (χ1n) is 11.1. The van der Waals surface area contributed by atoms with Gasteiger partial charge in [-0.1, -0.05) is 32.0 Å². The van der Waals surface area contributed by atoms with Crippen molar-refractivity contribution in [2.45, 2.75) is 45.7 Å². The van der Waals surface area contributed by atoms with Crippen molar-refractivity contribution in [3.8, 4) is 11.5 Å². The molecule has 1 amide bonds. The highest BCUT2D eigenvalue weighted by Gasteiger charge is 2.30. The predicted molar refractivity (Wildman–Crippen MR) is 122 cm³/mol. The van der Waals surface area contributed by atoms with E-state index in [4.69, 9.17) is 9.47 Å². The number of carbonyl (C=O) groups excluding carboxylic acids is 1. The topological polar surface area (TPSA) is 63.7 Å². The zero-order valence-electron chi connectivity index (χ0n) is 19.1. The van der Waals surface area contributed by atoms with Crippen LogP contribution in [0.25, 0.3) is 0 Å². The maximum absolute atomic E-state index is 12.5. The van der Waals surface area contributed by atoms with E-state index in [0.29, 0.717) is 18.3 Å². The monoisotopic (exact) mass is 425 g/mol. The van der Waals surface area contributed by atoms with Crippen LogP contribution >= 0.6 is 0 Å². The molecule has 0 spiro atoms. The summed E-state index contributed by atoms with van der Waals surface area (Å²) in [7, 11) is 3.35. The lowest BCUT2D eigenvalue weighted by molar-refractivity contribution is -0.123. The fraction of sp³-hybridized carbons (Fsp3) is 0.520. The number of hydrogen-bond acceptors (Lipinski definition) is 5. The molecule has 31 heavy (non-hydrogen) atoms. The van der Waals surface area contributed by atoms with E-state index in [-0.39, 0.29) is 11.9 Å². The number of ether oxygens (including phenoxy) is 2. The number of benzene rings is 1. The highest BCUT2D eigenvalue weighted by Crippen LogP contribution is 2.34. The van der Waals surface area contributed by atoms with Crippen LogP contribution < -0.4 is 14.8 Å². The second kappa shape index (κ2) is 11.1. The van der Waals surface area contributed by atoms with E-state index in [1.165, 1.54) is 0 Å². The Balaban J connectivity index is 1.66. The number of aromatic nitrogens is 1. The molecule has 1 aromatic heterocycles. The Morgan fingerprint density at radius 3 is 2.52 bits per heavy atom. The van der Waals surface area contributed by atoms with Crippen molar-refractivity contribution in [2.75, 3.05) is 27.3 Å². The number of rotatable bonds is 9. The number of hydrogen-bond donors (Lipinski definition) is 1. The third-order valence-electron chi connectivity index (χ3n) is 5.90. The minimum absolute atomic E-state index is 0.0408. The fourth-order valence-corrected chi connectivity index (χ4v) is 4.36. The van der Waals surface area contributed by atoms with Gasteiger partial charge in [0.1, 0.15) is 0 Å². The number of nitrogens with one attached hydrogen (secondary N) is 1. The fourth-order valence-electron chi connectivity index (χ4n) is 4.36. The second-order valence-corrected chi connectivity index (χ2v) is 8.66. The molecule has 2 aromatic rings. The van der Waals surface area contributed by atoms with E-state index in [2.05, 4.69) is 35.1 Å². The van der Waals surface area contributed by atoms with Crippen LogP contribution in [0.2, 0.25) is 0 Å². The molecule has 0 radical (unpaired) electrons. The van der Waals surface area contributed by atoms with E-state index in [0.717, 1.165) is 55.2 Å². The summed E-state index contributed by atoms with van der Waals surface area (Å²) in [5, 5.41) is 3.28. The number of carbonyl (C=O) groups is 1. The summed E-state index contributed by atoms with van der Waals surface area (Å²) in [5.74, 6) is 2.38. The van der Waals surface area contributed by atoms with Gasteiger partial charge < -0.3 is 14.8 Å². The van der Waals surface area contributed by atoms with Gasteiger partial charge in [-0.15, -0.1) is 0 Å². The van der Waals surface area contributed by atoms with Crippen molar-refractivity contribution < 1.29 is 14.3 Å². The molecule has 1 atom stereocenters. The lowest BCUT2D eigenvalue weighted by Crippen LogP contribution is -2.41. The van der Waals surface area contributed by atoms with Gasteiger partial charge in [0.25, 0.3) is 0 Å². The van der Waals surface area contributed by atoms with Crippen LogP contribution in [0.4, 0.5) is 0 Å². The number of likely N-dealkylation sites (tertiary alicyclic amines) is 1. The van der Waals surface area contributed by atoms with Gasteiger partial charge in [-0.05, 0) is 56.0 Å². The van der Waals surface area contributed by atoms with Crippen LogP contribution in [0.5, 0.6) is 11.5 Å². The minimum Gasteiger partial charge on any atom is -0.493 e. The lowest BCUT2D eigenvalue weighted by atomic mass is 9.87. The van der Waals surface area contributed by atoms with Crippen molar-refractivity contribution in [1.29, 1.82) is 0 Å². The van der Waals surface area contributed by atoms with Gasteiger partial charge in [0.15, 0.2) is 11.5 Å². The summed E-state index contributed by atoms with van der Waals surface area (Å²) in [6.45, 7) is 6.89. The normalized spacial score (nSPS) is 16.2. The largest absolute Gasteiger partial charge is 0.493 e. The molecule has 1 fully saturated rings. The van der Waals surface area contributed by atoms with Crippen molar-refractivity contribution in [3.05, 3.63) is 53.9 Å². The van der Waals surface area contributed by atoms with Gasteiger partial charge in [0, 0.05) is 24.7 Å². The Labute approximate surface area is 186 Å². The third-order valence-corrected chi connectivity index (χ3v) is 5.90. The zero-order chi connectivity index (χ0) is 22.2. The number of amides is 1. The molecule has 1 aromatic carbocycles. The van der Waals surface area contributed by atoms with E-state index in [9.17, 15) is 4.79 Å². The molecule has 168 valence electrons. The molecular weight excluding hydrogens is 390 g/mol. The highest BCUT2D eigenvalue weighted by molar-refractivity contribution is 5.76. The molecule has 1 aliphatic rings. The molecule has 1 saturated heterocycles. The standard InChI is InChI=1S/C25H35N3O3/c1-18(2)16-23(29)27-24(21-9-5-6-13-26-21)19-11-14-28(15-12-19)17-20-8-7-10-22(30-3)25(20)31-4/h5-10,13,18-19,24H,11-12,14-17H2,1-4H3,(H,27,29). The Morgan fingerprint density at radius 1 is 1.13 bits per heavy atom. The van der Waals surface area contributed by atoms with Crippen molar-refractivity contribution in [2.24, 2.45) is 11.8 Å². The first-order chi connectivity index (χ1) is 15.0. The van der Waals surface area contributed by atoms with Crippen LogP contribution in [-0.4, -0.2) is 43.1 Å². The van der Waals surface area contributed by atoms with Gasteiger partial charge in [-0.3, -0.25) is 14.7 Å². The lowest BCUT2D eigenvalue weighted by Gasteiger charge is -2.36. The zero-order valence-corrected chi connectivity index (χ0v) is 19.1. The summed E-state index contributed by atoms with van der Waals surface area (Å²) in [6, 6.07) is 11.9. The SMILES string of the molecule is COc1cccc(CN2CCC(C(NC(=O)CC(C)C)c3ccccn3)CC2)c1OC. The number of methoxy groups -OCH3 is 2. The third kappa shape index (κ3) is 6.20. The summed E-state index contributed by atoms with van der Waals surface area (Å²) in [5.41, 5.74) is 2.08. The van der Waals surface area contributed by atoms with Crippen molar-refractivity contribution in [3.63, 3.8) is 0 Å². The molecular formula is C25H35N3O3. The van der Waals surface area contributed by atoms with Crippen LogP contribution in [0.3, 0.4) is 0 Å². The van der Waals surface area contributed by atoms with Gasteiger partial charge in [0.2, 0.25) is 5.91 Å². The second-order valence-electron chi connectivity index (χ2n) is 8.66. The quantitative estimate of drug-likeness (QED) is 0.652. The average molecular weight is 426 g/mol. The highest BCUT2D eigenvalue weighted by atomic mass is 16.5. The Bertz CT molecular complexity index is 833. The summed E-state index contributed by atoms with van der Waals surface area (Å²) >= 11 is 0. The number of piperidine rings is 1.